The maximum atomic E-state index is 13.0. The van der Waals surface area contributed by atoms with Crippen LogP contribution in [0.25, 0.3) is 11.1 Å². The number of ether oxygens (including phenoxy) is 2. The van der Waals surface area contributed by atoms with Crippen molar-refractivity contribution in [1.82, 2.24) is 0 Å². The van der Waals surface area contributed by atoms with Crippen molar-refractivity contribution in [2.45, 2.75) is 20.0 Å². The van der Waals surface area contributed by atoms with E-state index in [9.17, 15) is 14.4 Å². The minimum Gasteiger partial charge on any atom is -0.462 e. The van der Waals surface area contributed by atoms with Gasteiger partial charge in [-0.15, -0.1) is 11.3 Å². The lowest BCUT2D eigenvalue weighted by molar-refractivity contribution is -0.152. The molecule has 8 heteroatoms. The molecule has 3 aromatic rings. The topological polar surface area (TPSA) is 81.7 Å². The summed E-state index contributed by atoms with van der Waals surface area (Å²) >= 11 is 7.16. The maximum absolute atomic E-state index is 13.0. The van der Waals surface area contributed by atoms with Crippen LogP contribution in [-0.2, 0) is 19.1 Å². The fourth-order valence-corrected chi connectivity index (χ4v) is 4.03. The van der Waals surface area contributed by atoms with Crippen molar-refractivity contribution in [3.05, 3.63) is 76.1 Å². The molecule has 1 atom stereocenters. The van der Waals surface area contributed by atoms with Crippen LogP contribution in [0.2, 0.25) is 5.02 Å². The summed E-state index contributed by atoms with van der Waals surface area (Å²) in [5.41, 5.74) is 2.11. The van der Waals surface area contributed by atoms with Gasteiger partial charge in [-0.2, -0.15) is 0 Å². The molecular weight excluding hydrogens is 438 g/mol. The van der Waals surface area contributed by atoms with Gasteiger partial charge in [-0.05, 0) is 24.6 Å². The highest BCUT2D eigenvalue weighted by Gasteiger charge is 2.28. The monoisotopic (exact) mass is 457 g/mol. The Balaban J connectivity index is 1.97. The van der Waals surface area contributed by atoms with Crippen molar-refractivity contribution in [2.75, 3.05) is 11.9 Å². The lowest BCUT2D eigenvalue weighted by Crippen LogP contribution is -2.25. The molecule has 0 unspecified atom stereocenters. The van der Waals surface area contributed by atoms with Gasteiger partial charge in [0.15, 0.2) is 0 Å². The molecule has 1 amide bonds. The maximum Gasteiger partial charge on any atom is 0.341 e. The summed E-state index contributed by atoms with van der Waals surface area (Å²) in [5, 5.41) is 5.36. The number of esters is 2. The van der Waals surface area contributed by atoms with Crippen LogP contribution in [-0.4, -0.2) is 24.5 Å². The molecule has 0 fully saturated rings. The van der Waals surface area contributed by atoms with Gasteiger partial charge in [0.05, 0.1) is 6.61 Å². The number of carbonyl (C=O) groups is 3. The summed E-state index contributed by atoms with van der Waals surface area (Å²) in [7, 11) is 0. The van der Waals surface area contributed by atoms with E-state index in [1.807, 2.05) is 0 Å². The average Bonchev–Trinajstić information content (AvgIpc) is 3.16. The number of hydrogen-bond acceptors (Lipinski definition) is 6. The second kappa shape index (κ2) is 10.2. The Morgan fingerprint density at radius 3 is 2.35 bits per heavy atom. The molecule has 1 heterocycles. The number of carbonyl (C=O) groups excluding carboxylic acids is 3. The number of hydrogen-bond donors (Lipinski definition) is 1. The van der Waals surface area contributed by atoms with E-state index in [4.69, 9.17) is 21.1 Å². The van der Waals surface area contributed by atoms with E-state index in [1.54, 1.807) is 66.9 Å². The van der Waals surface area contributed by atoms with Gasteiger partial charge in [0.1, 0.15) is 10.6 Å². The average molecular weight is 458 g/mol. The van der Waals surface area contributed by atoms with Crippen molar-refractivity contribution in [1.29, 1.82) is 0 Å². The highest BCUT2D eigenvalue weighted by molar-refractivity contribution is 7.15. The normalized spacial score (nSPS) is 11.5. The second-order valence-electron chi connectivity index (χ2n) is 6.47. The first-order chi connectivity index (χ1) is 14.9. The molecule has 0 aliphatic heterocycles. The molecule has 1 aromatic heterocycles. The van der Waals surface area contributed by atoms with E-state index < -0.39 is 23.9 Å². The van der Waals surface area contributed by atoms with Gasteiger partial charge in [-0.25, -0.2) is 4.79 Å². The Morgan fingerprint density at radius 2 is 1.74 bits per heavy atom. The lowest BCUT2D eigenvalue weighted by Gasteiger charge is -2.17. The fourth-order valence-electron chi connectivity index (χ4n) is 2.94. The van der Waals surface area contributed by atoms with E-state index in [0.29, 0.717) is 21.2 Å². The van der Waals surface area contributed by atoms with E-state index in [2.05, 4.69) is 5.32 Å². The van der Waals surface area contributed by atoms with Crippen LogP contribution in [0.4, 0.5) is 5.00 Å². The van der Waals surface area contributed by atoms with Crippen LogP contribution in [0.5, 0.6) is 0 Å². The Labute approximate surface area is 188 Å². The second-order valence-corrected chi connectivity index (χ2v) is 7.79. The molecule has 0 aliphatic carbocycles. The van der Waals surface area contributed by atoms with Gasteiger partial charge in [0.25, 0.3) is 5.91 Å². The summed E-state index contributed by atoms with van der Waals surface area (Å²) in [5.74, 6) is -1.73. The molecule has 0 aliphatic rings. The summed E-state index contributed by atoms with van der Waals surface area (Å²) in [6.07, 6.45) is -1.16. The number of halogens is 1. The number of benzene rings is 2. The van der Waals surface area contributed by atoms with Crippen molar-refractivity contribution < 1.29 is 23.9 Å². The van der Waals surface area contributed by atoms with E-state index in [1.165, 1.54) is 18.3 Å². The summed E-state index contributed by atoms with van der Waals surface area (Å²) in [6.45, 7) is 3.12. The summed E-state index contributed by atoms with van der Waals surface area (Å²) in [6, 6.07) is 15.7. The third-order valence-corrected chi connectivity index (χ3v) is 5.43. The molecular formula is C23H20ClNO5S. The summed E-state index contributed by atoms with van der Waals surface area (Å²) < 4.78 is 10.5. The Bertz CT molecular complexity index is 1080. The number of thiophene rings is 1. The molecule has 0 saturated carbocycles. The number of anilines is 1. The first-order valence-corrected chi connectivity index (χ1v) is 10.7. The van der Waals surface area contributed by atoms with Crippen molar-refractivity contribution in [3.8, 4) is 11.1 Å². The zero-order chi connectivity index (χ0) is 22.4. The van der Waals surface area contributed by atoms with Crippen LogP contribution in [0, 0.1) is 0 Å². The number of amides is 1. The highest BCUT2D eigenvalue weighted by atomic mass is 35.5. The first-order valence-electron chi connectivity index (χ1n) is 9.48. The highest BCUT2D eigenvalue weighted by Crippen LogP contribution is 2.37. The van der Waals surface area contributed by atoms with E-state index in [0.717, 1.165) is 5.56 Å². The van der Waals surface area contributed by atoms with Gasteiger partial charge >= 0.3 is 11.9 Å². The molecule has 2 aromatic carbocycles. The lowest BCUT2D eigenvalue weighted by atomic mass is 10.0. The minimum absolute atomic E-state index is 0.183. The molecule has 31 heavy (non-hydrogen) atoms. The van der Waals surface area contributed by atoms with Crippen LogP contribution in [0.3, 0.4) is 0 Å². The Kier molecular flexibility index (Phi) is 7.44. The standard InChI is InChI=1S/C23H20ClNO5S/c1-3-29-23(28)19-18(15-9-11-17(24)12-10-15)13-31-22(19)25-21(27)20(30-14(2)26)16-7-5-4-6-8-16/h4-13,20H,3H2,1-2H3,(H,25,27)/t20-/m0/s1. The Morgan fingerprint density at radius 1 is 1.06 bits per heavy atom. The first kappa shape index (κ1) is 22.5. The quantitative estimate of drug-likeness (QED) is 0.474. The van der Waals surface area contributed by atoms with Crippen molar-refractivity contribution in [3.63, 3.8) is 0 Å². The fraction of sp³-hybridized carbons (Fsp3) is 0.174. The van der Waals surface area contributed by atoms with E-state index >= 15 is 0 Å². The van der Waals surface area contributed by atoms with Crippen LogP contribution >= 0.6 is 22.9 Å². The zero-order valence-electron chi connectivity index (χ0n) is 16.9. The van der Waals surface area contributed by atoms with Gasteiger partial charge < -0.3 is 14.8 Å². The number of nitrogens with one attached hydrogen (secondary N) is 1. The van der Waals surface area contributed by atoms with Gasteiger partial charge in [-0.1, -0.05) is 54.1 Å². The van der Waals surface area contributed by atoms with Crippen LogP contribution in [0.1, 0.15) is 35.9 Å². The molecule has 160 valence electrons. The third-order valence-electron chi connectivity index (χ3n) is 4.29. The minimum atomic E-state index is -1.16. The van der Waals surface area contributed by atoms with Crippen LogP contribution < -0.4 is 5.32 Å². The predicted octanol–water partition coefficient (Wildman–Crippen LogP) is 5.49. The Hall–Kier alpha value is -3.16. The predicted molar refractivity (Wildman–Crippen MR) is 120 cm³/mol. The van der Waals surface area contributed by atoms with Gasteiger partial charge in [-0.3, -0.25) is 9.59 Å². The molecule has 0 radical (unpaired) electrons. The number of rotatable bonds is 7. The van der Waals surface area contributed by atoms with Crippen LogP contribution in [0.15, 0.2) is 60.0 Å². The molecule has 1 N–H and O–H groups in total. The molecule has 3 rings (SSSR count). The van der Waals surface area contributed by atoms with Gasteiger partial charge in [0.2, 0.25) is 6.10 Å². The smallest absolute Gasteiger partial charge is 0.341 e. The molecule has 0 spiro atoms. The third kappa shape index (κ3) is 5.51. The van der Waals surface area contributed by atoms with E-state index in [-0.39, 0.29) is 12.2 Å². The zero-order valence-corrected chi connectivity index (χ0v) is 18.5. The molecule has 6 nitrogen and oxygen atoms in total. The summed E-state index contributed by atoms with van der Waals surface area (Å²) in [4.78, 5) is 37.3. The van der Waals surface area contributed by atoms with Crippen molar-refractivity contribution in [2.24, 2.45) is 0 Å². The van der Waals surface area contributed by atoms with Gasteiger partial charge in [0, 0.05) is 28.5 Å². The largest absolute Gasteiger partial charge is 0.462 e. The van der Waals surface area contributed by atoms with Crippen molar-refractivity contribution >= 4 is 45.8 Å². The SMILES string of the molecule is CCOC(=O)c1c(-c2ccc(Cl)cc2)csc1NC(=O)[C@@H](OC(C)=O)c1ccccc1. The molecule has 0 saturated heterocycles. The molecule has 0 bridgehead atoms.